The lowest BCUT2D eigenvalue weighted by Crippen LogP contribution is -2.19. The molecular formula is C51H33NO. The zero-order chi connectivity index (χ0) is 35.3. The summed E-state index contributed by atoms with van der Waals surface area (Å²) in [5.41, 5.74) is 11.1. The van der Waals surface area contributed by atoms with Crippen molar-refractivity contribution in [2.75, 3.05) is 0 Å². The number of benzene rings is 9. The Labute approximate surface area is 307 Å². The number of para-hydroxylation sites is 1. The summed E-state index contributed by atoms with van der Waals surface area (Å²) >= 11 is 0. The van der Waals surface area contributed by atoms with Gasteiger partial charge >= 0.3 is 0 Å². The van der Waals surface area contributed by atoms with Crippen LogP contribution < -0.4 is 5.56 Å². The Kier molecular flexibility index (Phi) is 7.33. The van der Waals surface area contributed by atoms with E-state index in [0.29, 0.717) is 5.39 Å². The summed E-state index contributed by atoms with van der Waals surface area (Å²) in [6, 6.07) is 70.5. The number of hydrogen-bond donors (Lipinski definition) is 0. The standard InChI is InChI=1S/C51H33NO/c53-51-44-24-14-13-23-41(44)45-33-39(27-30-48(45)52(51)40-21-11-4-12-22-40)50-43-29-26-37(34-15-5-1-6-16-34)31-46(43)49(36-19-9-3-10-20-36)42-28-25-38(32-47(42)50)35-17-7-2-8-18-35/h1-33H. The van der Waals surface area contributed by atoms with E-state index in [1.807, 2.05) is 53.1 Å². The summed E-state index contributed by atoms with van der Waals surface area (Å²) < 4.78 is 1.86. The first-order valence-corrected chi connectivity index (χ1v) is 18.1. The summed E-state index contributed by atoms with van der Waals surface area (Å²) in [6.45, 7) is 0. The predicted molar refractivity (Wildman–Crippen MR) is 224 cm³/mol. The van der Waals surface area contributed by atoms with Crippen LogP contribution in [-0.2, 0) is 0 Å². The van der Waals surface area contributed by atoms with E-state index in [9.17, 15) is 4.79 Å². The van der Waals surface area contributed by atoms with Crippen LogP contribution in [0.15, 0.2) is 205 Å². The monoisotopic (exact) mass is 675 g/mol. The van der Waals surface area contributed by atoms with Crippen molar-refractivity contribution < 1.29 is 0 Å². The summed E-state index contributed by atoms with van der Waals surface area (Å²) in [7, 11) is 0. The molecule has 10 rings (SSSR count). The maximum atomic E-state index is 14.1. The van der Waals surface area contributed by atoms with Crippen LogP contribution in [0, 0.1) is 0 Å². The predicted octanol–water partition coefficient (Wildman–Crippen LogP) is 13.1. The second kappa shape index (κ2) is 12.6. The number of hydrogen-bond acceptors (Lipinski definition) is 1. The van der Waals surface area contributed by atoms with Crippen molar-refractivity contribution in [3.05, 3.63) is 211 Å². The third-order valence-electron chi connectivity index (χ3n) is 10.6. The Bertz CT molecular complexity index is 3040. The molecule has 0 aliphatic heterocycles. The van der Waals surface area contributed by atoms with Gasteiger partial charge in [-0.05, 0) is 114 Å². The molecule has 2 heteroatoms. The Morgan fingerprint density at radius 2 is 0.717 bits per heavy atom. The minimum absolute atomic E-state index is 0.0175. The lowest BCUT2D eigenvalue weighted by atomic mass is 9.83. The second-order valence-electron chi connectivity index (χ2n) is 13.6. The molecular weight excluding hydrogens is 643 g/mol. The van der Waals surface area contributed by atoms with E-state index >= 15 is 0 Å². The van der Waals surface area contributed by atoms with Gasteiger partial charge in [0, 0.05) is 16.5 Å². The minimum atomic E-state index is -0.0175. The van der Waals surface area contributed by atoms with E-state index in [0.717, 1.165) is 27.5 Å². The fourth-order valence-corrected chi connectivity index (χ4v) is 8.15. The van der Waals surface area contributed by atoms with Gasteiger partial charge in [0.1, 0.15) is 0 Å². The van der Waals surface area contributed by atoms with Crippen LogP contribution in [0.1, 0.15) is 0 Å². The summed E-state index contributed by atoms with van der Waals surface area (Å²) in [6.07, 6.45) is 0. The SMILES string of the molecule is O=c1c2ccccc2c2cc(-c3c4ccc(-c5ccccc5)cc4c(-c4ccccc4)c4ccc(-c5ccccc5)cc34)ccc2n1-c1ccccc1. The van der Waals surface area contributed by atoms with Crippen molar-refractivity contribution in [1.29, 1.82) is 0 Å². The molecule has 0 bridgehead atoms. The first kappa shape index (κ1) is 30.8. The van der Waals surface area contributed by atoms with Crippen LogP contribution in [0.2, 0.25) is 0 Å². The van der Waals surface area contributed by atoms with Gasteiger partial charge in [-0.15, -0.1) is 0 Å². The maximum Gasteiger partial charge on any atom is 0.263 e. The highest BCUT2D eigenvalue weighted by Gasteiger charge is 2.20. The summed E-state index contributed by atoms with van der Waals surface area (Å²) in [4.78, 5) is 14.1. The van der Waals surface area contributed by atoms with Gasteiger partial charge in [-0.25, -0.2) is 0 Å². The Morgan fingerprint density at radius 1 is 0.283 bits per heavy atom. The van der Waals surface area contributed by atoms with Crippen LogP contribution >= 0.6 is 0 Å². The van der Waals surface area contributed by atoms with Crippen LogP contribution in [0.5, 0.6) is 0 Å². The van der Waals surface area contributed by atoms with Crippen molar-refractivity contribution in [3.8, 4) is 50.2 Å². The highest BCUT2D eigenvalue weighted by atomic mass is 16.1. The zero-order valence-corrected chi connectivity index (χ0v) is 28.9. The Hall–Kier alpha value is -7.03. The van der Waals surface area contributed by atoms with Crippen molar-refractivity contribution in [2.24, 2.45) is 0 Å². The molecule has 0 N–H and O–H groups in total. The van der Waals surface area contributed by atoms with Gasteiger partial charge < -0.3 is 0 Å². The van der Waals surface area contributed by atoms with Crippen molar-refractivity contribution in [3.63, 3.8) is 0 Å². The average molecular weight is 676 g/mol. The molecule has 1 aromatic heterocycles. The highest BCUT2D eigenvalue weighted by molar-refractivity contribution is 6.23. The quantitative estimate of drug-likeness (QED) is 0.131. The molecule has 2 nitrogen and oxygen atoms in total. The van der Waals surface area contributed by atoms with E-state index < -0.39 is 0 Å². The molecule has 0 fully saturated rings. The molecule has 0 spiro atoms. The highest BCUT2D eigenvalue weighted by Crippen LogP contribution is 2.46. The molecule has 0 saturated heterocycles. The largest absolute Gasteiger partial charge is 0.276 e. The molecule has 1 heterocycles. The van der Waals surface area contributed by atoms with Gasteiger partial charge in [0.25, 0.3) is 5.56 Å². The molecule has 0 unspecified atom stereocenters. The topological polar surface area (TPSA) is 22.0 Å². The van der Waals surface area contributed by atoms with E-state index in [4.69, 9.17) is 0 Å². The second-order valence-corrected chi connectivity index (χ2v) is 13.6. The molecule has 10 aromatic rings. The number of fused-ring (bicyclic) bond motifs is 5. The first-order valence-electron chi connectivity index (χ1n) is 18.1. The lowest BCUT2D eigenvalue weighted by molar-refractivity contribution is 1.06. The fourth-order valence-electron chi connectivity index (χ4n) is 8.15. The van der Waals surface area contributed by atoms with Crippen molar-refractivity contribution in [2.45, 2.75) is 0 Å². The average Bonchev–Trinajstić information content (AvgIpc) is 3.24. The van der Waals surface area contributed by atoms with E-state index in [2.05, 4.69) is 152 Å². The van der Waals surface area contributed by atoms with E-state index in [1.165, 1.54) is 60.5 Å². The number of aromatic nitrogens is 1. The lowest BCUT2D eigenvalue weighted by Gasteiger charge is -2.20. The smallest absolute Gasteiger partial charge is 0.263 e. The first-order chi connectivity index (χ1) is 26.2. The van der Waals surface area contributed by atoms with Gasteiger partial charge in [0.05, 0.1) is 5.52 Å². The number of rotatable bonds is 5. The van der Waals surface area contributed by atoms with Gasteiger partial charge in [0.2, 0.25) is 0 Å². The van der Waals surface area contributed by atoms with E-state index in [1.54, 1.807) is 0 Å². The van der Waals surface area contributed by atoms with Gasteiger partial charge in [-0.2, -0.15) is 0 Å². The van der Waals surface area contributed by atoms with Crippen LogP contribution in [0.4, 0.5) is 0 Å². The molecule has 0 radical (unpaired) electrons. The molecule has 9 aromatic carbocycles. The minimum Gasteiger partial charge on any atom is -0.276 e. The summed E-state index contributed by atoms with van der Waals surface area (Å²) in [5, 5.41) is 7.46. The number of nitrogens with zero attached hydrogens (tertiary/aromatic N) is 1. The van der Waals surface area contributed by atoms with Crippen LogP contribution in [0.25, 0.3) is 93.4 Å². The van der Waals surface area contributed by atoms with Crippen LogP contribution in [0.3, 0.4) is 0 Å². The molecule has 0 atom stereocenters. The zero-order valence-electron chi connectivity index (χ0n) is 28.9. The molecule has 0 aliphatic rings. The maximum absolute atomic E-state index is 14.1. The molecule has 53 heavy (non-hydrogen) atoms. The van der Waals surface area contributed by atoms with Gasteiger partial charge in [0.15, 0.2) is 0 Å². The molecule has 0 amide bonds. The Morgan fingerprint density at radius 3 is 1.28 bits per heavy atom. The third kappa shape index (κ3) is 5.15. The van der Waals surface area contributed by atoms with Crippen molar-refractivity contribution >= 4 is 43.2 Å². The Balaban J connectivity index is 1.36. The molecule has 248 valence electrons. The summed E-state index contributed by atoms with van der Waals surface area (Å²) in [5.74, 6) is 0. The van der Waals surface area contributed by atoms with Crippen LogP contribution in [-0.4, -0.2) is 4.57 Å². The van der Waals surface area contributed by atoms with Gasteiger partial charge in [-0.1, -0.05) is 158 Å². The van der Waals surface area contributed by atoms with E-state index in [-0.39, 0.29) is 5.56 Å². The number of pyridine rings is 1. The molecule has 0 aliphatic carbocycles. The molecule has 0 saturated carbocycles. The van der Waals surface area contributed by atoms with Gasteiger partial charge in [-0.3, -0.25) is 9.36 Å². The fraction of sp³-hybridized carbons (Fsp3) is 0. The third-order valence-corrected chi connectivity index (χ3v) is 10.6. The van der Waals surface area contributed by atoms with Crippen molar-refractivity contribution in [1.82, 2.24) is 4.57 Å². The normalized spacial score (nSPS) is 11.5.